The van der Waals surface area contributed by atoms with Crippen molar-refractivity contribution in [1.29, 1.82) is 0 Å². The van der Waals surface area contributed by atoms with E-state index in [1.54, 1.807) is 12.1 Å². The van der Waals surface area contributed by atoms with Gasteiger partial charge in [-0.2, -0.15) is 0 Å². The molecule has 3 aromatic carbocycles. The lowest BCUT2D eigenvalue weighted by Gasteiger charge is -2.36. The second kappa shape index (κ2) is 9.45. The van der Waals surface area contributed by atoms with Crippen LogP contribution in [0.1, 0.15) is 57.5 Å². The van der Waals surface area contributed by atoms with Gasteiger partial charge in [-0.1, -0.05) is 65.7 Å². The van der Waals surface area contributed by atoms with Gasteiger partial charge in [0.15, 0.2) is 0 Å². The molecule has 2 unspecified atom stereocenters. The number of fused-ring (bicyclic) bond motifs is 4. The predicted molar refractivity (Wildman–Crippen MR) is 137 cm³/mol. The highest BCUT2D eigenvalue weighted by Crippen LogP contribution is 2.44. The molecule has 8 heteroatoms. The van der Waals surface area contributed by atoms with Crippen molar-refractivity contribution in [1.82, 2.24) is 9.96 Å². The van der Waals surface area contributed by atoms with Gasteiger partial charge in [0, 0.05) is 18.5 Å². The van der Waals surface area contributed by atoms with Crippen molar-refractivity contribution >= 4 is 23.9 Å². The summed E-state index contributed by atoms with van der Waals surface area (Å²) in [5, 5.41) is 0.517. The molecular formula is C30H26N2O6. The average molecular weight is 511 g/mol. The van der Waals surface area contributed by atoms with Crippen molar-refractivity contribution in [3.63, 3.8) is 0 Å². The van der Waals surface area contributed by atoms with Crippen LogP contribution in [0.5, 0.6) is 0 Å². The SMILES string of the molecule is CC1CCC(C(=O)ON2C(=O)c3ccccc3C2=O)CN1C(=O)OCC1c2ccccc2-c2ccccc21. The summed E-state index contributed by atoms with van der Waals surface area (Å²) in [6.07, 6.45) is 0.528. The van der Waals surface area contributed by atoms with Crippen molar-refractivity contribution in [2.75, 3.05) is 13.2 Å². The van der Waals surface area contributed by atoms with Crippen LogP contribution in [0.15, 0.2) is 72.8 Å². The van der Waals surface area contributed by atoms with Gasteiger partial charge in [-0.15, -0.1) is 0 Å². The Hall–Kier alpha value is -4.46. The van der Waals surface area contributed by atoms with Gasteiger partial charge in [-0.25, -0.2) is 9.59 Å². The summed E-state index contributed by atoms with van der Waals surface area (Å²) in [4.78, 5) is 58.1. The molecular weight excluding hydrogens is 484 g/mol. The van der Waals surface area contributed by atoms with Gasteiger partial charge >= 0.3 is 12.1 Å². The molecule has 192 valence electrons. The number of hydroxylamine groups is 2. The number of piperidine rings is 1. The Labute approximate surface area is 219 Å². The molecule has 2 heterocycles. The van der Waals surface area contributed by atoms with Crippen LogP contribution in [-0.2, 0) is 14.4 Å². The molecule has 2 atom stereocenters. The van der Waals surface area contributed by atoms with E-state index < -0.39 is 29.8 Å². The number of ether oxygens (including phenoxy) is 1. The van der Waals surface area contributed by atoms with E-state index in [4.69, 9.17) is 9.57 Å². The van der Waals surface area contributed by atoms with Crippen LogP contribution in [-0.4, -0.2) is 53.0 Å². The summed E-state index contributed by atoms with van der Waals surface area (Å²) in [6, 6.07) is 22.4. The summed E-state index contributed by atoms with van der Waals surface area (Å²) < 4.78 is 5.80. The van der Waals surface area contributed by atoms with Crippen molar-refractivity contribution in [3.8, 4) is 11.1 Å². The van der Waals surface area contributed by atoms with Gasteiger partial charge in [-0.3, -0.25) is 9.59 Å². The lowest BCUT2D eigenvalue weighted by molar-refractivity contribution is -0.175. The van der Waals surface area contributed by atoms with Crippen LogP contribution in [0.4, 0.5) is 4.79 Å². The molecule has 1 aliphatic carbocycles. The van der Waals surface area contributed by atoms with Gasteiger partial charge < -0.3 is 14.5 Å². The third kappa shape index (κ3) is 3.93. The third-order valence-electron chi connectivity index (χ3n) is 7.72. The molecule has 0 saturated carbocycles. The number of benzene rings is 3. The second-order valence-electron chi connectivity index (χ2n) is 9.94. The maximum Gasteiger partial charge on any atom is 0.410 e. The first-order valence-corrected chi connectivity index (χ1v) is 12.7. The van der Waals surface area contributed by atoms with Crippen LogP contribution >= 0.6 is 0 Å². The van der Waals surface area contributed by atoms with E-state index in [9.17, 15) is 19.2 Å². The van der Waals surface area contributed by atoms with Crippen LogP contribution in [0, 0.1) is 5.92 Å². The zero-order valence-corrected chi connectivity index (χ0v) is 20.8. The van der Waals surface area contributed by atoms with E-state index in [-0.39, 0.29) is 36.2 Å². The molecule has 0 bridgehead atoms. The zero-order chi connectivity index (χ0) is 26.4. The number of nitrogens with zero attached hydrogens (tertiary/aromatic N) is 2. The number of likely N-dealkylation sites (tertiary alicyclic amines) is 1. The summed E-state index contributed by atoms with van der Waals surface area (Å²) >= 11 is 0. The van der Waals surface area contributed by atoms with Crippen molar-refractivity contribution in [2.45, 2.75) is 31.7 Å². The normalized spacial score (nSPS) is 20.1. The van der Waals surface area contributed by atoms with Crippen LogP contribution in [0.25, 0.3) is 11.1 Å². The molecule has 0 aromatic heterocycles. The Bertz CT molecular complexity index is 1390. The van der Waals surface area contributed by atoms with Crippen molar-refractivity contribution in [2.24, 2.45) is 5.92 Å². The highest BCUT2D eigenvalue weighted by atomic mass is 16.7. The smallest absolute Gasteiger partial charge is 0.410 e. The first-order chi connectivity index (χ1) is 18.4. The molecule has 6 rings (SSSR count). The lowest BCUT2D eigenvalue weighted by atomic mass is 9.94. The summed E-state index contributed by atoms with van der Waals surface area (Å²) in [5.41, 5.74) is 4.93. The van der Waals surface area contributed by atoms with E-state index in [0.717, 1.165) is 22.3 Å². The highest BCUT2D eigenvalue weighted by molar-refractivity contribution is 6.20. The standard InChI is InChI=1S/C30H26N2O6/c1-18-14-15-19(29(35)38-32-27(33)24-12-6-7-13-25(24)28(32)34)16-31(18)30(36)37-17-26-22-10-4-2-8-20(22)21-9-3-5-11-23(21)26/h2-13,18-19,26H,14-17H2,1H3. The second-order valence-corrected chi connectivity index (χ2v) is 9.94. The zero-order valence-electron chi connectivity index (χ0n) is 20.8. The molecule has 0 spiro atoms. The van der Waals surface area contributed by atoms with Crippen LogP contribution in [0.3, 0.4) is 0 Å². The topological polar surface area (TPSA) is 93.2 Å². The maximum atomic E-state index is 13.2. The minimum atomic E-state index is -0.720. The van der Waals surface area contributed by atoms with Crippen molar-refractivity contribution in [3.05, 3.63) is 95.1 Å². The number of hydrogen-bond acceptors (Lipinski definition) is 6. The number of imide groups is 1. The largest absolute Gasteiger partial charge is 0.448 e. The Kier molecular flexibility index (Phi) is 5.94. The number of carbonyl (C=O) groups is 4. The van der Waals surface area contributed by atoms with Crippen LogP contribution < -0.4 is 0 Å². The summed E-state index contributed by atoms with van der Waals surface area (Å²) in [6.45, 7) is 2.17. The fourth-order valence-electron chi connectivity index (χ4n) is 5.65. The Morgan fingerprint density at radius 1 is 0.789 bits per heavy atom. The molecule has 1 saturated heterocycles. The fourth-order valence-corrected chi connectivity index (χ4v) is 5.65. The fraction of sp³-hybridized carbons (Fsp3) is 0.267. The van der Waals surface area contributed by atoms with Gasteiger partial charge in [0.05, 0.1) is 17.0 Å². The molecule has 2 aliphatic heterocycles. The van der Waals surface area contributed by atoms with E-state index >= 15 is 0 Å². The first kappa shape index (κ1) is 23.9. The molecule has 8 nitrogen and oxygen atoms in total. The molecule has 3 aliphatic rings. The van der Waals surface area contributed by atoms with E-state index in [0.29, 0.717) is 17.9 Å². The van der Waals surface area contributed by atoms with E-state index in [1.165, 1.54) is 17.0 Å². The number of carbonyl (C=O) groups excluding carboxylic acids is 4. The van der Waals surface area contributed by atoms with Crippen molar-refractivity contribution < 1.29 is 28.8 Å². The minimum absolute atomic E-state index is 0.0685. The lowest BCUT2D eigenvalue weighted by Crippen LogP contribution is -2.49. The molecule has 3 amide bonds. The number of amides is 3. The Morgan fingerprint density at radius 2 is 1.32 bits per heavy atom. The molecule has 3 aromatic rings. The predicted octanol–water partition coefficient (Wildman–Crippen LogP) is 4.79. The Balaban J connectivity index is 1.11. The third-order valence-corrected chi connectivity index (χ3v) is 7.72. The molecule has 0 radical (unpaired) electrons. The highest BCUT2D eigenvalue weighted by Gasteiger charge is 2.42. The van der Waals surface area contributed by atoms with Gasteiger partial charge in [0.25, 0.3) is 11.8 Å². The van der Waals surface area contributed by atoms with Crippen LogP contribution in [0.2, 0.25) is 0 Å². The van der Waals surface area contributed by atoms with E-state index in [2.05, 4.69) is 24.3 Å². The average Bonchev–Trinajstić information content (AvgIpc) is 3.39. The molecule has 0 N–H and O–H groups in total. The number of rotatable bonds is 4. The molecule has 1 fully saturated rings. The van der Waals surface area contributed by atoms with E-state index in [1.807, 2.05) is 31.2 Å². The minimum Gasteiger partial charge on any atom is -0.448 e. The quantitative estimate of drug-likeness (QED) is 0.469. The molecule has 38 heavy (non-hydrogen) atoms. The maximum absolute atomic E-state index is 13.2. The van der Waals surface area contributed by atoms with Gasteiger partial charge in [0.2, 0.25) is 0 Å². The monoisotopic (exact) mass is 510 g/mol. The van der Waals surface area contributed by atoms with Gasteiger partial charge in [0.1, 0.15) is 6.61 Å². The summed E-state index contributed by atoms with van der Waals surface area (Å²) in [7, 11) is 0. The number of hydrogen-bond donors (Lipinski definition) is 0. The summed E-state index contributed by atoms with van der Waals surface area (Å²) in [5.74, 6) is -2.81. The Morgan fingerprint density at radius 3 is 1.89 bits per heavy atom. The van der Waals surface area contributed by atoms with Gasteiger partial charge in [-0.05, 0) is 54.2 Å². The first-order valence-electron chi connectivity index (χ1n) is 12.7.